The van der Waals surface area contributed by atoms with Crippen LogP contribution < -0.4 is 0 Å². The third-order valence-electron chi connectivity index (χ3n) is 12.8. The minimum absolute atomic E-state index is 0.0683. The molecule has 6 heteroatoms. The SMILES string of the molecule is CCCCCC/C=C\CCCCCCCC(=O)OC(COC(=O)CCCCCCCCCC)COC(=O)CCCCCCCCCCCCCCCCCCCCCCCCCC. The minimum Gasteiger partial charge on any atom is -0.462 e. The molecular formula is C57H108O6. The van der Waals surface area contributed by atoms with E-state index in [1.807, 2.05) is 0 Å². The van der Waals surface area contributed by atoms with E-state index < -0.39 is 6.10 Å². The lowest BCUT2D eigenvalue weighted by Gasteiger charge is -2.18. The van der Waals surface area contributed by atoms with Gasteiger partial charge in [-0.2, -0.15) is 0 Å². The number of allylic oxidation sites excluding steroid dienone is 2. The van der Waals surface area contributed by atoms with Crippen LogP contribution in [0.1, 0.15) is 316 Å². The van der Waals surface area contributed by atoms with E-state index >= 15 is 0 Å². The summed E-state index contributed by atoms with van der Waals surface area (Å²) in [6, 6.07) is 0. The maximum atomic E-state index is 12.8. The lowest BCUT2D eigenvalue weighted by molar-refractivity contribution is -0.167. The third kappa shape index (κ3) is 51.0. The van der Waals surface area contributed by atoms with E-state index in [0.29, 0.717) is 19.3 Å². The first-order valence-electron chi connectivity index (χ1n) is 28.2. The lowest BCUT2D eigenvalue weighted by atomic mass is 10.0. The summed E-state index contributed by atoms with van der Waals surface area (Å²) in [6.07, 6.45) is 59.4. The van der Waals surface area contributed by atoms with Crippen molar-refractivity contribution >= 4 is 17.9 Å². The van der Waals surface area contributed by atoms with Crippen molar-refractivity contribution in [3.8, 4) is 0 Å². The zero-order valence-electron chi connectivity index (χ0n) is 42.6. The van der Waals surface area contributed by atoms with Gasteiger partial charge < -0.3 is 14.2 Å². The highest BCUT2D eigenvalue weighted by atomic mass is 16.6. The molecule has 0 aromatic rings. The maximum absolute atomic E-state index is 12.8. The Morgan fingerprint density at radius 1 is 0.302 bits per heavy atom. The first kappa shape index (κ1) is 61.1. The smallest absolute Gasteiger partial charge is 0.306 e. The predicted octanol–water partition coefficient (Wildman–Crippen LogP) is 18.5. The fourth-order valence-electron chi connectivity index (χ4n) is 8.50. The summed E-state index contributed by atoms with van der Waals surface area (Å²) >= 11 is 0. The number of hydrogen-bond donors (Lipinski definition) is 0. The Bertz CT molecular complexity index is 978. The van der Waals surface area contributed by atoms with Crippen molar-refractivity contribution < 1.29 is 28.6 Å². The van der Waals surface area contributed by atoms with Gasteiger partial charge in [-0.3, -0.25) is 14.4 Å². The highest BCUT2D eigenvalue weighted by molar-refractivity contribution is 5.71. The molecule has 0 aliphatic heterocycles. The molecule has 0 saturated carbocycles. The highest BCUT2D eigenvalue weighted by Gasteiger charge is 2.19. The molecule has 372 valence electrons. The van der Waals surface area contributed by atoms with Crippen molar-refractivity contribution in [1.82, 2.24) is 0 Å². The second-order valence-electron chi connectivity index (χ2n) is 19.2. The van der Waals surface area contributed by atoms with Crippen LogP contribution in [0.5, 0.6) is 0 Å². The Morgan fingerprint density at radius 3 is 0.810 bits per heavy atom. The largest absolute Gasteiger partial charge is 0.462 e. The molecule has 0 aliphatic rings. The van der Waals surface area contributed by atoms with Crippen molar-refractivity contribution in [2.45, 2.75) is 322 Å². The van der Waals surface area contributed by atoms with Gasteiger partial charge in [0.15, 0.2) is 6.10 Å². The van der Waals surface area contributed by atoms with Crippen molar-refractivity contribution in [3.05, 3.63) is 12.2 Å². The van der Waals surface area contributed by atoms with Gasteiger partial charge in [0, 0.05) is 19.3 Å². The average Bonchev–Trinajstić information content (AvgIpc) is 3.28. The first-order valence-corrected chi connectivity index (χ1v) is 28.2. The standard InChI is InChI=1S/C57H108O6/c1-4-7-10-13-16-19-21-23-24-25-26-27-28-29-30-31-32-33-35-36-38-41-44-47-50-56(59)62-53-54(52-61-55(58)49-46-43-40-18-15-12-9-6-3)63-57(60)51-48-45-42-39-37-34-22-20-17-14-11-8-5-2/h20,22,54H,4-19,21,23-53H2,1-3H3/b22-20-. The average molecular weight is 889 g/mol. The van der Waals surface area contributed by atoms with Gasteiger partial charge in [0.1, 0.15) is 13.2 Å². The molecule has 0 saturated heterocycles. The Morgan fingerprint density at radius 2 is 0.524 bits per heavy atom. The van der Waals surface area contributed by atoms with E-state index in [0.717, 1.165) is 64.2 Å². The number of rotatable bonds is 52. The quantitative estimate of drug-likeness (QED) is 0.0262. The molecule has 0 amide bonds. The fraction of sp³-hybridized carbons (Fsp3) is 0.912. The molecule has 0 radical (unpaired) electrons. The summed E-state index contributed by atoms with van der Waals surface area (Å²) in [5.74, 6) is -0.863. The second kappa shape index (κ2) is 52.8. The molecule has 0 aromatic carbocycles. The van der Waals surface area contributed by atoms with Crippen LogP contribution in [0.2, 0.25) is 0 Å². The maximum Gasteiger partial charge on any atom is 0.306 e. The van der Waals surface area contributed by atoms with Gasteiger partial charge >= 0.3 is 17.9 Å². The minimum atomic E-state index is -0.767. The number of unbranched alkanes of at least 4 members (excludes halogenated alkanes) is 39. The Kier molecular flexibility index (Phi) is 51.2. The van der Waals surface area contributed by atoms with Crippen LogP contribution in [0.4, 0.5) is 0 Å². The van der Waals surface area contributed by atoms with E-state index in [4.69, 9.17) is 14.2 Å². The van der Waals surface area contributed by atoms with Crippen LogP contribution in [0.25, 0.3) is 0 Å². The number of ether oxygens (including phenoxy) is 3. The molecule has 0 bridgehead atoms. The van der Waals surface area contributed by atoms with Crippen LogP contribution >= 0.6 is 0 Å². The van der Waals surface area contributed by atoms with Crippen molar-refractivity contribution in [3.63, 3.8) is 0 Å². The van der Waals surface area contributed by atoms with Gasteiger partial charge in [-0.25, -0.2) is 0 Å². The summed E-state index contributed by atoms with van der Waals surface area (Å²) < 4.78 is 16.8. The first-order chi connectivity index (χ1) is 31.0. The molecule has 6 nitrogen and oxygen atoms in total. The molecule has 0 aromatic heterocycles. The van der Waals surface area contributed by atoms with Gasteiger partial charge in [0.05, 0.1) is 0 Å². The van der Waals surface area contributed by atoms with Crippen LogP contribution in [0.3, 0.4) is 0 Å². The fourth-order valence-corrected chi connectivity index (χ4v) is 8.50. The van der Waals surface area contributed by atoms with Gasteiger partial charge in [0.25, 0.3) is 0 Å². The van der Waals surface area contributed by atoms with Crippen molar-refractivity contribution in [2.24, 2.45) is 0 Å². The van der Waals surface area contributed by atoms with Gasteiger partial charge in [-0.15, -0.1) is 0 Å². The van der Waals surface area contributed by atoms with Crippen molar-refractivity contribution in [1.29, 1.82) is 0 Å². The number of carbonyl (C=O) groups excluding carboxylic acids is 3. The molecule has 0 N–H and O–H groups in total. The summed E-state index contributed by atoms with van der Waals surface area (Å²) in [7, 11) is 0. The van der Waals surface area contributed by atoms with Gasteiger partial charge in [0.2, 0.25) is 0 Å². The molecular weight excluding hydrogens is 781 g/mol. The topological polar surface area (TPSA) is 78.9 Å². The normalized spacial score (nSPS) is 12.0. The van der Waals surface area contributed by atoms with E-state index in [2.05, 4.69) is 32.9 Å². The summed E-state index contributed by atoms with van der Waals surface area (Å²) in [5.41, 5.74) is 0. The number of carbonyl (C=O) groups is 3. The summed E-state index contributed by atoms with van der Waals surface area (Å²) in [5, 5.41) is 0. The highest BCUT2D eigenvalue weighted by Crippen LogP contribution is 2.17. The van der Waals surface area contributed by atoms with Crippen LogP contribution in [-0.4, -0.2) is 37.2 Å². The zero-order chi connectivity index (χ0) is 45.8. The van der Waals surface area contributed by atoms with E-state index in [9.17, 15) is 14.4 Å². The summed E-state index contributed by atoms with van der Waals surface area (Å²) in [4.78, 5) is 37.9. The Hall–Kier alpha value is -1.85. The molecule has 0 spiro atoms. The summed E-state index contributed by atoms with van der Waals surface area (Å²) in [6.45, 7) is 6.63. The molecule has 1 atom stereocenters. The lowest BCUT2D eigenvalue weighted by Crippen LogP contribution is -2.30. The second-order valence-corrected chi connectivity index (χ2v) is 19.2. The van der Waals surface area contributed by atoms with Crippen LogP contribution in [0.15, 0.2) is 12.2 Å². The van der Waals surface area contributed by atoms with Crippen molar-refractivity contribution in [2.75, 3.05) is 13.2 Å². The number of esters is 3. The van der Waals surface area contributed by atoms with E-state index in [1.165, 1.54) is 212 Å². The molecule has 0 fully saturated rings. The predicted molar refractivity (Wildman–Crippen MR) is 270 cm³/mol. The van der Waals surface area contributed by atoms with Gasteiger partial charge in [-0.05, 0) is 44.9 Å². The molecule has 0 aliphatic carbocycles. The zero-order valence-corrected chi connectivity index (χ0v) is 42.6. The van der Waals surface area contributed by atoms with Gasteiger partial charge in [-0.1, -0.05) is 264 Å². The van der Waals surface area contributed by atoms with Crippen LogP contribution in [0, 0.1) is 0 Å². The Balaban J connectivity index is 4.10. The van der Waals surface area contributed by atoms with E-state index in [-0.39, 0.29) is 31.1 Å². The molecule has 63 heavy (non-hydrogen) atoms. The third-order valence-corrected chi connectivity index (χ3v) is 12.8. The monoisotopic (exact) mass is 889 g/mol. The molecule has 1 unspecified atom stereocenters. The van der Waals surface area contributed by atoms with E-state index in [1.54, 1.807) is 0 Å². The molecule has 0 rings (SSSR count). The molecule has 0 heterocycles. The Labute approximate surface area is 392 Å². The van der Waals surface area contributed by atoms with Crippen LogP contribution in [-0.2, 0) is 28.6 Å². The number of hydrogen-bond acceptors (Lipinski definition) is 6.